The zero-order valence-corrected chi connectivity index (χ0v) is 13.0. The van der Waals surface area contributed by atoms with E-state index in [1.54, 1.807) is 18.2 Å². The minimum absolute atomic E-state index is 0.0274. The Balaban J connectivity index is 1.89. The van der Waals surface area contributed by atoms with Gasteiger partial charge in [-0.2, -0.15) is 0 Å². The van der Waals surface area contributed by atoms with Crippen molar-refractivity contribution >= 4 is 34.6 Å². The number of nitrogens with zero attached hydrogens (tertiary/aromatic N) is 1. The van der Waals surface area contributed by atoms with Crippen LogP contribution in [0, 0.1) is 10.1 Å². The van der Waals surface area contributed by atoms with Crippen molar-refractivity contribution in [2.24, 2.45) is 0 Å². The number of nitrogens with one attached hydrogen (secondary N) is 2. The highest BCUT2D eigenvalue weighted by molar-refractivity contribution is 6.32. The number of anilines is 2. The lowest BCUT2D eigenvalue weighted by atomic mass is 10.3. The number of non-ortho nitro benzene ring substituents is 1. The maximum atomic E-state index is 11.8. The molecule has 2 aromatic carbocycles. The Hall–Kier alpha value is -2.80. The van der Waals surface area contributed by atoms with Crippen LogP contribution in [0.4, 0.5) is 17.1 Å². The maximum Gasteiger partial charge on any atom is 0.269 e. The fourth-order valence-corrected chi connectivity index (χ4v) is 2.09. The summed E-state index contributed by atoms with van der Waals surface area (Å²) in [6, 6.07) is 10.7. The van der Waals surface area contributed by atoms with Gasteiger partial charge in [0.1, 0.15) is 5.75 Å². The van der Waals surface area contributed by atoms with Crippen LogP contribution in [-0.4, -0.2) is 24.5 Å². The minimum Gasteiger partial charge on any atom is -0.495 e. The third kappa shape index (κ3) is 4.58. The van der Waals surface area contributed by atoms with Crippen molar-refractivity contribution in [3.63, 3.8) is 0 Å². The van der Waals surface area contributed by atoms with Crippen LogP contribution in [-0.2, 0) is 4.79 Å². The lowest BCUT2D eigenvalue weighted by molar-refractivity contribution is -0.384. The zero-order chi connectivity index (χ0) is 16.8. The summed E-state index contributed by atoms with van der Waals surface area (Å²) in [5.41, 5.74) is 1.12. The second kappa shape index (κ2) is 7.46. The number of ether oxygens (including phenoxy) is 1. The van der Waals surface area contributed by atoms with E-state index in [1.165, 1.54) is 31.4 Å². The molecule has 8 heteroatoms. The number of nitro groups is 1. The molecule has 2 N–H and O–H groups in total. The molecule has 0 aliphatic heterocycles. The van der Waals surface area contributed by atoms with Crippen molar-refractivity contribution < 1.29 is 14.5 Å². The molecule has 0 fully saturated rings. The van der Waals surface area contributed by atoms with E-state index in [1.807, 2.05) is 0 Å². The molecule has 7 nitrogen and oxygen atoms in total. The lowest BCUT2D eigenvalue weighted by Crippen LogP contribution is -2.21. The monoisotopic (exact) mass is 335 g/mol. The van der Waals surface area contributed by atoms with Crippen LogP contribution in [0.15, 0.2) is 42.5 Å². The standard InChI is InChI=1S/C15H14ClN3O4/c1-23-14-7-4-11(8-13(14)16)17-9-15(20)18-10-2-5-12(6-3-10)19(21)22/h2-8,17H,9H2,1H3,(H,18,20). The molecule has 0 aliphatic carbocycles. The number of benzene rings is 2. The quantitative estimate of drug-likeness (QED) is 0.624. The summed E-state index contributed by atoms with van der Waals surface area (Å²) in [7, 11) is 1.52. The molecule has 2 rings (SSSR count). The van der Waals surface area contributed by atoms with Gasteiger partial charge in [0.25, 0.3) is 5.69 Å². The van der Waals surface area contributed by atoms with Gasteiger partial charge in [-0.1, -0.05) is 11.6 Å². The Morgan fingerprint density at radius 2 is 1.87 bits per heavy atom. The summed E-state index contributed by atoms with van der Waals surface area (Å²) >= 11 is 5.99. The smallest absolute Gasteiger partial charge is 0.269 e. The highest BCUT2D eigenvalue weighted by atomic mass is 35.5. The molecule has 0 unspecified atom stereocenters. The van der Waals surface area contributed by atoms with Gasteiger partial charge in [0.05, 0.1) is 23.6 Å². The van der Waals surface area contributed by atoms with Crippen molar-refractivity contribution in [1.82, 2.24) is 0 Å². The summed E-state index contributed by atoms with van der Waals surface area (Å²) in [6.07, 6.45) is 0. The van der Waals surface area contributed by atoms with E-state index in [9.17, 15) is 14.9 Å². The fraction of sp³-hybridized carbons (Fsp3) is 0.133. The molecule has 0 saturated heterocycles. The first-order valence-electron chi connectivity index (χ1n) is 6.61. The minimum atomic E-state index is -0.499. The first-order valence-corrected chi connectivity index (χ1v) is 6.99. The Morgan fingerprint density at radius 3 is 2.43 bits per heavy atom. The Morgan fingerprint density at radius 1 is 1.22 bits per heavy atom. The largest absolute Gasteiger partial charge is 0.495 e. The molecular formula is C15H14ClN3O4. The molecule has 0 saturated carbocycles. The van der Waals surface area contributed by atoms with Crippen LogP contribution in [0.2, 0.25) is 5.02 Å². The van der Waals surface area contributed by atoms with E-state index in [0.29, 0.717) is 22.1 Å². The molecule has 2 aromatic rings. The number of amides is 1. The summed E-state index contributed by atoms with van der Waals surface area (Å²) in [5, 5.41) is 16.6. The number of halogens is 1. The van der Waals surface area contributed by atoms with Crippen LogP contribution in [0.5, 0.6) is 5.75 Å². The summed E-state index contributed by atoms with van der Waals surface area (Å²) in [4.78, 5) is 21.9. The molecule has 0 heterocycles. The van der Waals surface area contributed by atoms with Crippen LogP contribution in [0.3, 0.4) is 0 Å². The number of rotatable bonds is 6. The number of hydrogen-bond donors (Lipinski definition) is 2. The van der Waals surface area contributed by atoms with Gasteiger partial charge in [0.15, 0.2) is 0 Å². The molecular weight excluding hydrogens is 322 g/mol. The Kier molecular flexibility index (Phi) is 5.37. The number of methoxy groups -OCH3 is 1. The van der Waals surface area contributed by atoms with Crippen molar-refractivity contribution in [2.75, 3.05) is 24.3 Å². The van der Waals surface area contributed by atoms with E-state index in [2.05, 4.69) is 10.6 Å². The van der Waals surface area contributed by atoms with Gasteiger partial charge in [0.2, 0.25) is 5.91 Å². The number of nitro benzene ring substituents is 1. The van der Waals surface area contributed by atoms with Crippen LogP contribution < -0.4 is 15.4 Å². The molecule has 0 radical (unpaired) electrons. The second-order valence-electron chi connectivity index (χ2n) is 4.56. The van der Waals surface area contributed by atoms with Crippen LogP contribution >= 0.6 is 11.6 Å². The molecule has 23 heavy (non-hydrogen) atoms. The fourth-order valence-electron chi connectivity index (χ4n) is 1.83. The Bertz CT molecular complexity index is 719. The molecule has 0 aromatic heterocycles. The first-order chi connectivity index (χ1) is 11.0. The lowest BCUT2D eigenvalue weighted by Gasteiger charge is -2.09. The van der Waals surface area contributed by atoms with Gasteiger partial charge in [-0.15, -0.1) is 0 Å². The number of carbonyl (C=O) groups is 1. The van der Waals surface area contributed by atoms with E-state index in [4.69, 9.17) is 16.3 Å². The third-order valence-corrected chi connectivity index (χ3v) is 3.26. The predicted molar refractivity (Wildman–Crippen MR) is 88.2 cm³/mol. The van der Waals surface area contributed by atoms with Gasteiger partial charge >= 0.3 is 0 Å². The summed E-state index contributed by atoms with van der Waals surface area (Å²) < 4.78 is 5.04. The van der Waals surface area contributed by atoms with Gasteiger partial charge in [-0.3, -0.25) is 14.9 Å². The van der Waals surface area contributed by atoms with E-state index < -0.39 is 4.92 Å². The van der Waals surface area contributed by atoms with Crippen molar-refractivity contribution in [2.45, 2.75) is 0 Å². The zero-order valence-electron chi connectivity index (χ0n) is 12.2. The molecule has 0 atom stereocenters. The van der Waals surface area contributed by atoms with Gasteiger partial charge in [0, 0.05) is 23.5 Å². The Labute approximate surface area is 137 Å². The topological polar surface area (TPSA) is 93.5 Å². The second-order valence-corrected chi connectivity index (χ2v) is 4.96. The van der Waals surface area contributed by atoms with E-state index in [-0.39, 0.29) is 18.1 Å². The van der Waals surface area contributed by atoms with Crippen LogP contribution in [0.25, 0.3) is 0 Å². The van der Waals surface area contributed by atoms with E-state index >= 15 is 0 Å². The highest BCUT2D eigenvalue weighted by Crippen LogP contribution is 2.27. The SMILES string of the molecule is COc1ccc(NCC(=O)Nc2ccc([N+](=O)[O-])cc2)cc1Cl. The normalized spacial score (nSPS) is 10.0. The maximum absolute atomic E-state index is 11.8. The predicted octanol–water partition coefficient (Wildman–Crippen LogP) is 3.31. The van der Waals surface area contributed by atoms with Gasteiger partial charge in [-0.25, -0.2) is 0 Å². The van der Waals surface area contributed by atoms with Gasteiger partial charge in [-0.05, 0) is 30.3 Å². The molecule has 0 aliphatic rings. The first kappa shape index (κ1) is 16.6. The van der Waals surface area contributed by atoms with Crippen molar-refractivity contribution in [1.29, 1.82) is 0 Å². The highest BCUT2D eigenvalue weighted by Gasteiger charge is 2.07. The van der Waals surface area contributed by atoms with Gasteiger partial charge < -0.3 is 15.4 Å². The van der Waals surface area contributed by atoms with Crippen molar-refractivity contribution in [3.8, 4) is 5.75 Å². The summed E-state index contributed by atoms with van der Waals surface area (Å²) in [6.45, 7) is 0.0274. The van der Waals surface area contributed by atoms with Crippen molar-refractivity contribution in [3.05, 3.63) is 57.6 Å². The molecule has 0 bridgehead atoms. The average molecular weight is 336 g/mol. The van der Waals surface area contributed by atoms with E-state index in [0.717, 1.165) is 0 Å². The van der Waals surface area contributed by atoms with Crippen LogP contribution in [0.1, 0.15) is 0 Å². The summed E-state index contributed by atoms with van der Waals surface area (Å²) in [5.74, 6) is 0.262. The average Bonchev–Trinajstić information content (AvgIpc) is 2.53. The third-order valence-electron chi connectivity index (χ3n) is 2.97. The molecule has 0 spiro atoms. The molecule has 120 valence electrons. The number of carbonyl (C=O) groups excluding carboxylic acids is 1. The number of hydrogen-bond acceptors (Lipinski definition) is 5. The molecule has 1 amide bonds.